The maximum absolute atomic E-state index is 12.3. The smallest absolute Gasteiger partial charge is 0.335 e. The quantitative estimate of drug-likeness (QED) is 0.0144. The number of aliphatic carboxylic acids is 1. The van der Waals surface area contributed by atoms with E-state index in [4.69, 9.17) is 20.6 Å². The number of hydrogen-bond acceptors (Lipinski definition) is 10. The molecule has 1 saturated heterocycles. The molecule has 2 aliphatic rings. The molecule has 1 aliphatic heterocycles. The third-order valence-electron chi connectivity index (χ3n) is 10.2. The minimum Gasteiger partial charge on any atom is -0.510 e. The number of aliphatic hydroxyl groups is 4. The first-order valence-corrected chi connectivity index (χ1v) is 20.7. The summed E-state index contributed by atoms with van der Waals surface area (Å²) in [7, 11) is 1.82. The van der Waals surface area contributed by atoms with Gasteiger partial charge in [-0.2, -0.15) is 0 Å². The molecule has 60 heavy (non-hydrogen) atoms. The van der Waals surface area contributed by atoms with Gasteiger partial charge in [-0.15, -0.1) is 0 Å². The summed E-state index contributed by atoms with van der Waals surface area (Å²) in [5, 5.41) is 60.5. The number of carbonyl (C=O) groups excluding carboxylic acids is 2. The van der Waals surface area contributed by atoms with E-state index in [9.17, 15) is 39.9 Å². The second-order valence-electron chi connectivity index (χ2n) is 15.6. The van der Waals surface area contributed by atoms with Crippen LogP contribution in [0.5, 0.6) is 0 Å². The minimum atomic E-state index is -1.83. The standard InChI is InChI=1S/C46H68N4O10/c1-30(21-15-12-13-20-28-50(6)46(47)48)22-16-14-17-23-31(2)29-34(5)41(59-45-40(55)38(53)39(54)42(60-45)44(57)58)32(3)24-18-10-8-7-9-11-19-25-33(4)43(56)49-37-35(51)26-27-36(37)52/h7-12,15-16,18-19,22,24-25,29-32,38-42,45,51,53-55H,13-14,17,20-21,23,26-28H2,1-6H3,(H3,47,48)(H,49,56)(H,57,58)/b9-7+,10-8+,15-12+,19-11+,22-16+,24-18+,33-25+,34-29+/t30?,31?,32?,38-,39-,40+,41+,42-,45+/m0/s1. The molecular formula is C46H68N4O10. The number of ketones is 1. The van der Waals surface area contributed by atoms with Crippen molar-refractivity contribution in [1.29, 1.82) is 5.41 Å². The van der Waals surface area contributed by atoms with Gasteiger partial charge in [0.2, 0.25) is 0 Å². The summed E-state index contributed by atoms with van der Waals surface area (Å²) in [6, 6.07) is 0. The molecule has 1 heterocycles. The van der Waals surface area contributed by atoms with Crippen molar-refractivity contribution in [2.24, 2.45) is 23.5 Å². The summed E-state index contributed by atoms with van der Waals surface area (Å²) in [6.07, 6.45) is 23.6. The topological polar surface area (TPSA) is 236 Å². The molecule has 14 nitrogen and oxygen atoms in total. The van der Waals surface area contributed by atoms with E-state index in [-0.39, 0.29) is 47.9 Å². The summed E-state index contributed by atoms with van der Waals surface area (Å²) in [5.41, 5.74) is 6.62. The molecule has 0 saturated carbocycles. The number of nitrogens with one attached hydrogen (secondary N) is 2. The molecule has 14 heteroatoms. The molecule has 1 aliphatic carbocycles. The van der Waals surface area contributed by atoms with Gasteiger partial charge in [-0.05, 0) is 69.8 Å². The van der Waals surface area contributed by atoms with Gasteiger partial charge in [-0.3, -0.25) is 15.0 Å². The second-order valence-corrected chi connectivity index (χ2v) is 15.6. The molecule has 1 amide bonds. The molecule has 3 unspecified atom stereocenters. The molecule has 0 bridgehead atoms. The van der Waals surface area contributed by atoms with Crippen LogP contribution in [0.2, 0.25) is 0 Å². The number of nitrogens with two attached hydrogens (primary N) is 1. The van der Waals surface area contributed by atoms with E-state index in [1.54, 1.807) is 48.3 Å². The number of nitrogens with zero attached hydrogens (tertiary/aromatic N) is 1. The Balaban J connectivity index is 2.01. The van der Waals surface area contributed by atoms with Gasteiger partial charge >= 0.3 is 5.97 Å². The van der Waals surface area contributed by atoms with Crippen molar-refractivity contribution in [3.8, 4) is 0 Å². The summed E-state index contributed by atoms with van der Waals surface area (Å²) in [6.45, 7) is 10.5. The summed E-state index contributed by atoms with van der Waals surface area (Å²) >= 11 is 0. The zero-order chi connectivity index (χ0) is 44.8. The number of hydrogen-bond donors (Lipinski definition) is 8. The lowest BCUT2D eigenvalue weighted by atomic mass is 9.92. The minimum absolute atomic E-state index is 0.0435. The van der Waals surface area contributed by atoms with Gasteiger partial charge in [0, 0.05) is 37.9 Å². The maximum atomic E-state index is 12.3. The Kier molecular flexibility index (Phi) is 23.1. The van der Waals surface area contributed by atoms with Crippen LogP contribution in [0.4, 0.5) is 0 Å². The van der Waals surface area contributed by atoms with Crippen LogP contribution in [-0.2, 0) is 23.9 Å². The molecule has 0 radical (unpaired) electrons. The largest absolute Gasteiger partial charge is 0.510 e. The highest BCUT2D eigenvalue weighted by molar-refractivity contribution is 6.04. The first-order chi connectivity index (χ1) is 28.4. The van der Waals surface area contributed by atoms with Crippen LogP contribution in [0.3, 0.4) is 0 Å². The lowest BCUT2D eigenvalue weighted by Gasteiger charge is -2.40. The van der Waals surface area contributed by atoms with Gasteiger partial charge in [0.15, 0.2) is 24.1 Å². The first kappa shape index (κ1) is 51.3. The number of rotatable bonds is 24. The van der Waals surface area contributed by atoms with Crippen molar-refractivity contribution in [2.45, 2.75) is 123 Å². The normalized spacial score (nSPS) is 24.1. The molecule has 0 aromatic carbocycles. The highest BCUT2D eigenvalue weighted by atomic mass is 16.7. The Morgan fingerprint density at radius 2 is 1.57 bits per heavy atom. The Labute approximate surface area is 355 Å². The Morgan fingerprint density at radius 3 is 2.20 bits per heavy atom. The number of allylic oxidation sites excluding steroid dienone is 15. The van der Waals surface area contributed by atoms with E-state index in [1.165, 1.54) is 0 Å². The monoisotopic (exact) mass is 836 g/mol. The van der Waals surface area contributed by atoms with E-state index in [2.05, 4.69) is 49.5 Å². The predicted octanol–water partition coefficient (Wildman–Crippen LogP) is 5.82. The number of amides is 1. The van der Waals surface area contributed by atoms with Crippen LogP contribution in [0.25, 0.3) is 0 Å². The summed E-state index contributed by atoms with van der Waals surface area (Å²) in [5.74, 6) is -1.98. The predicted molar refractivity (Wildman–Crippen MR) is 233 cm³/mol. The van der Waals surface area contributed by atoms with Gasteiger partial charge in [0.25, 0.3) is 5.91 Å². The highest BCUT2D eigenvalue weighted by Gasteiger charge is 2.48. The van der Waals surface area contributed by atoms with E-state index in [0.717, 1.165) is 50.6 Å². The summed E-state index contributed by atoms with van der Waals surface area (Å²) in [4.78, 5) is 37.6. The fraction of sp³-hybridized carbons (Fsp3) is 0.522. The van der Waals surface area contributed by atoms with Crippen molar-refractivity contribution in [1.82, 2.24) is 10.2 Å². The van der Waals surface area contributed by atoms with Crippen LogP contribution < -0.4 is 11.1 Å². The zero-order valence-electron chi connectivity index (χ0n) is 35.9. The molecule has 9 atom stereocenters. The third-order valence-corrected chi connectivity index (χ3v) is 10.2. The molecular weight excluding hydrogens is 769 g/mol. The van der Waals surface area contributed by atoms with Gasteiger partial charge in [-0.1, -0.05) is 106 Å². The second kappa shape index (κ2) is 27.1. The first-order valence-electron chi connectivity index (χ1n) is 20.7. The SMILES string of the molecule is C\C(=C/C=C/C=C/C=C/C=C/C(C)[C@@H](O[C@@H]1O[C@H](C(=O)O)[C@@H](O)[C@H](O)[C@H]1O)/C(C)=C/C(C)CCC/C=C/C(C)C/C=C/CCCN(C)C(=N)N)C(=O)NC1=C(O)CCC1=O. The lowest BCUT2D eigenvalue weighted by Crippen LogP contribution is -2.61. The highest BCUT2D eigenvalue weighted by Crippen LogP contribution is 2.29. The molecule has 2 rings (SSSR count). The number of carboxylic acids is 1. The van der Waals surface area contributed by atoms with Crippen LogP contribution in [0.15, 0.2) is 108 Å². The van der Waals surface area contributed by atoms with Crippen LogP contribution in [0, 0.1) is 23.2 Å². The fourth-order valence-electron chi connectivity index (χ4n) is 6.48. The number of aliphatic hydroxyl groups excluding tert-OH is 4. The van der Waals surface area contributed by atoms with E-state index >= 15 is 0 Å². The Bertz CT molecular complexity index is 1710. The van der Waals surface area contributed by atoms with E-state index in [0.29, 0.717) is 11.5 Å². The van der Waals surface area contributed by atoms with Gasteiger partial charge in [0.05, 0.1) is 6.10 Å². The van der Waals surface area contributed by atoms with Crippen molar-refractivity contribution in [3.63, 3.8) is 0 Å². The number of ether oxygens (including phenoxy) is 2. The van der Waals surface area contributed by atoms with Gasteiger partial charge in [0.1, 0.15) is 29.8 Å². The van der Waals surface area contributed by atoms with Crippen LogP contribution in [0.1, 0.15) is 86.0 Å². The zero-order valence-corrected chi connectivity index (χ0v) is 35.9. The van der Waals surface area contributed by atoms with Gasteiger partial charge in [-0.25, -0.2) is 4.79 Å². The third kappa shape index (κ3) is 18.2. The molecule has 0 aromatic rings. The molecule has 0 aromatic heterocycles. The lowest BCUT2D eigenvalue weighted by molar-refractivity contribution is -0.303. The molecule has 332 valence electrons. The van der Waals surface area contributed by atoms with Crippen molar-refractivity contribution in [2.75, 3.05) is 13.6 Å². The number of carbonyl (C=O) groups is 3. The molecule has 0 spiro atoms. The van der Waals surface area contributed by atoms with Crippen molar-refractivity contribution in [3.05, 3.63) is 108 Å². The number of Topliss-reactive ketones (excluding diaryl/α,β-unsaturated/α-hetero) is 1. The average molecular weight is 837 g/mol. The van der Waals surface area contributed by atoms with Crippen molar-refractivity contribution < 1.29 is 49.4 Å². The average Bonchev–Trinajstić information content (AvgIpc) is 3.51. The number of carboxylic acid groups (broad SMARTS) is 1. The van der Waals surface area contributed by atoms with E-state index in [1.807, 2.05) is 39.1 Å². The number of guanidine groups is 1. The fourth-order valence-corrected chi connectivity index (χ4v) is 6.48. The maximum Gasteiger partial charge on any atom is 0.335 e. The van der Waals surface area contributed by atoms with Crippen molar-refractivity contribution >= 4 is 23.6 Å². The molecule has 9 N–H and O–H groups in total. The Hall–Kier alpha value is -4.86. The van der Waals surface area contributed by atoms with Crippen LogP contribution >= 0.6 is 0 Å². The Morgan fingerprint density at radius 1 is 0.917 bits per heavy atom. The van der Waals surface area contributed by atoms with Crippen LogP contribution in [-0.4, -0.2) is 104 Å². The molecule has 1 fully saturated rings. The van der Waals surface area contributed by atoms with E-state index < -0.39 is 48.7 Å². The summed E-state index contributed by atoms with van der Waals surface area (Å²) < 4.78 is 11.7. The number of unbranched alkanes of at least 4 members (excludes halogenated alkanes) is 2. The van der Waals surface area contributed by atoms with Gasteiger partial charge < -0.3 is 51.0 Å².